The maximum absolute atomic E-state index is 11.8. The molecule has 0 aliphatic rings. The van der Waals surface area contributed by atoms with Gasteiger partial charge in [-0.3, -0.25) is 14.8 Å². The number of aryl methyl sites for hydroxylation is 2. The van der Waals surface area contributed by atoms with Gasteiger partial charge in [0.2, 0.25) is 0 Å². The molecule has 4 heteroatoms. The lowest BCUT2D eigenvalue weighted by atomic mass is 10.0. The Morgan fingerprint density at radius 3 is 2.27 bits per heavy atom. The molecule has 0 radical (unpaired) electrons. The molecule has 0 saturated carbocycles. The summed E-state index contributed by atoms with van der Waals surface area (Å²) in [6.45, 7) is 0. The van der Waals surface area contributed by atoms with E-state index in [1.165, 1.54) is 0 Å². The minimum absolute atomic E-state index is 0.429. The second kappa shape index (κ2) is 6.92. The van der Waals surface area contributed by atoms with Crippen molar-refractivity contribution < 1.29 is 4.79 Å². The third kappa shape index (κ3) is 3.26. The summed E-state index contributed by atoms with van der Waals surface area (Å²) in [5.41, 5.74) is 9.77. The first-order valence-corrected chi connectivity index (χ1v) is 8.74. The predicted octanol–water partition coefficient (Wildman–Crippen LogP) is 4.06. The van der Waals surface area contributed by atoms with Crippen molar-refractivity contribution in [3.63, 3.8) is 0 Å². The zero-order chi connectivity index (χ0) is 17.9. The van der Waals surface area contributed by atoms with E-state index in [1.54, 1.807) is 0 Å². The van der Waals surface area contributed by atoms with E-state index in [-0.39, 0.29) is 0 Å². The van der Waals surface area contributed by atoms with Crippen LogP contribution in [-0.2, 0) is 12.8 Å². The number of rotatable bonds is 5. The summed E-state index contributed by atoms with van der Waals surface area (Å²) < 4.78 is 0. The SMILES string of the molecule is NC(=O)c1cc2ccccc2nc1CCCc1ccc2ccccc2n1. The number of benzene rings is 2. The fraction of sp³-hybridized carbons (Fsp3) is 0.136. The van der Waals surface area contributed by atoms with Crippen molar-refractivity contribution in [3.8, 4) is 0 Å². The summed E-state index contributed by atoms with van der Waals surface area (Å²) in [5.74, 6) is -0.429. The van der Waals surface area contributed by atoms with E-state index in [4.69, 9.17) is 10.7 Å². The first-order chi connectivity index (χ1) is 12.7. The number of carbonyl (C=O) groups excluding carboxylic acids is 1. The van der Waals surface area contributed by atoms with Crippen molar-refractivity contribution in [2.45, 2.75) is 19.3 Å². The molecule has 128 valence electrons. The Morgan fingerprint density at radius 2 is 1.50 bits per heavy atom. The van der Waals surface area contributed by atoms with Gasteiger partial charge >= 0.3 is 0 Å². The largest absolute Gasteiger partial charge is 0.366 e. The van der Waals surface area contributed by atoms with Crippen LogP contribution in [0.1, 0.15) is 28.2 Å². The smallest absolute Gasteiger partial charge is 0.250 e. The fourth-order valence-corrected chi connectivity index (χ4v) is 3.24. The van der Waals surface area contributed by atoms with Crippen LogP contribution in [0.15, 0.2) is 66.7 Å². The highest BCUT2D eigenvalue weighted by molar-refractivity contribution is 5.97. The molecule has 0 aliphatic carbocycles. The summed E-state index contributed by atoms with van der Waals surface area (Å²) in [5, 5.41) is 2.07. The van der Waals surface area contributed by atoms with Crippen LogP contribution in [0.4, 0.5) is 0 Å². The van der Waals surface area contributed by atoms with Crippen molar-refractivity contribution in [2.24, 2.45) is 5.73 Å². The van der Waals surface area contributed by atoms with E-state index in [1.807, 2.05) is 48.5 Å². The molecule has 26 heavy (non-hydrogen) atoms. The number of primary amides is 1. The third-order valence-electron chi connectivity index (χ3n) is 4.57. The quantitative estimate of drug-likeness (QED) is 0.595. The molecule has 0 saturated heterocycles. The second-order valence-corrected chi connectivity index (χ2v) is 6.39. The highest BCUT2D eigenvalue weighted by Crippen LogP contribution is 2.19. The van der Waals surface area contributed by atoms with Gasteiger partial charge < -0.3 is 5.73 Å². The summed E-state index contributed by atoms with van der Waals surface area (Å²) >= 11 is 0. The van der Waals surface area contributed by atoms with E-state index in [2.05, 4.69) is 23.2 Å². The van der Waals surface area contributed by atoms with Gasteiger partial charge in [0, 0.05) is 16.5 Å². The van der Waals surface area contributed by atoms with Crippen molar-refractivity contribution >= 4 is 27.7 Å². The van der Waals surface area contributed by atoms with Crippen molar-refractivity contribution in [1.82, 2.24) is 9.97 Å². The number of hydrogen-bond acceptors (Lipinski definition) is 3. The van der Waals surface area contributed by atoms with Crippen LogP contribution in [0.5, 0.6) is 0 Å². The number of fused-ring (bicyclic) bond motifs is 2. The van der Waals surface area contributed by atoms with Crippen LogP contribution in [0.2, 0.25) is 0 Å². The lowest BCUT2D eigenvalue weighted by Gasteiger charge is -2.08. The van der Waals surface area contributed by atoms with Crippen molar-refractivity contribution in [3.05, 3.63) is 83.7 Å². The van der Waals surface area contributed by atoms with E-state index >= 15 is 0 Å². The molecule has 0 atom stereocenters. The van der Waals surface area contributed by atoms with E-state index < -0.39 is 5.91 Å². The Hall–Kier alpha value is -3.27. The van der Waals surface area contributed by atoms with Crippen LogP contribution < -0.4 is 5.73 Å². The number of nitrogens with zero attached hydrogens (tertiary/aromatic N) is 2. The Labute approximate surface area is 151 Å². The topological polar surface area (TPSA) is 68.9 Å². The van der Waals surface area contributed by atoms with Gasteiger partial charge in [-0.2, -0.15) is 0 Å². The first kappa shape index (κ1) is 16.2. The summed E-state index contributed by atoms with van der Waals surface area (Å²) in [6.07, 6.45) is 2.38. The number of nitrogens with two attached hydrogens (primary N) is 1. The maximum Gasteiger partial charge on any atom is 0.250 e. The van der Waals surface area contributed by atoms with Gasteiger partial charge in [0.1, 0.15) is 0 Å². The zero-order valence-corrected chi connectivity index (χ0v) is 14.4. The minimum atomic E-state index is -0.429. The standard InChI is InChI=1S/C22H19N3O/c23-22(26)18-14-16-7-2-4-10-20(16)25-21(18)11-5-8-17-13-12-15-6-1-3-9-19(15)24-17/h1-4,6-7,9-10,12-14H,5,8,11H2,(H2,23,26). The minimum Gasteiger partial charge on any atom is -0.366 e. The Bertz CT molecular complexity index is 1100. The Kier molecular flexibility index (Phi) is 4.32. The van der Waals surface area contributed by atoms with Crippen LogP contribution in [0.25, 0.3) is 21.8 Å². The van der Waals surface area contributed by atoms with Crippen LogP contribution in [0, 0.1) is 0 Å². The highest BCUT2D eigenvalue weighted by Gasteiger charge is 2.11. The third-order valence-corrected chi connectivity index (χ3v) is 4.57. The molecule has 2 heterocycles. The number of carbonyl (C=O) groups is 1. The lowest BCUT2D eigenvalue weighted by Crippen LogP contribution is -2.15. The fourth-order valence-electron chi connectivity index (χ4n) is 3.24. The molecule has 0 unspecified atom stereocenters. The Balaban J connectivity index is 1.54. The first-order valence-electron chi connectivity index (χ1n) is 8.74. The average Bonchev–Trinajstić information content (AvgIpc) is 2.67. The molecule has 4 aromatic rings. The molecular formula is C22H19N3O. The molecule has 2 aromatic heterocycles. The zero-order valence-electron chi connectivity index (χ0n) is 14.4. The van der Waals surface area contributed by atoms with Crippen LogP contribution >= 0.6 is 0 Å². The van der Waals surface area contributed by atoms with Gasteiger partial charge in [0.15, 0.2) is 0 Å². The molecule has 4 nitrogen and oxygen atoms in total. The van der Waals surface area contributed by atoms with E-state index in [0.29, 0.717) is 12.0 Å². The van der Waals surface area contributed by atoms with Gasteiger partial charge in [0.05, 0.1) is 22.3 Å². The molecule has 2 aromatic carbocycles. The molecule has 4 rings (SSSR count). The molecule has 0 aliphatic heterocycles. The van der Waals surface area contributed by atoms with Crippen molar-refractivity contribution in [2.75, 3.05) is 0 Å². The van der Waals surface area contributed by atoms with E-state index in [0.717, 1.165) is 46.0 Å². The summed E-state index contributed by atoms with van der Waals surface area (Å²) in [4.78, 5) is 21.2. The van der Waals surface area contributed by atoms with Gasteiger partial charge in [-0.1, -0.05) is 42.5 Å². The summed E-state index contributed by atoms with van der Waals surface area (Å²) in [7, 11) is 0. The predicted molar refractivity (Wildman–Crippen MR) is 104 cm³/mol. The van der Waals surface area contributed by atoms with Gasteiger partial charge in [-0.05, 0) is 43.5 Å². The molecule has 0 spiro atoms. The number of pyridine rings is 2. The monoisotopic (exact) mass is 341 g/mol. The van der Waals surface area contributed by atoms with Gasteiger partial charge in [-0.15, -0.1) is 0 Å². The number of para-hydroxylation sites is 2. The number of hydrogen-bond donors (Lipinski definition) is 1. The normalized spacial score (nSPS) is 11.1. The van der Waals surface area contributed by atoms with Crippen LogP contribution in [0.3, 0.4) is 0 Å². The molecule has 0 bridgehead atoms. The second-order valence-electron chi connectivity index (χ2n) is 6.39. The number of amides is 1. The molecule has 0 fully saturated rings. The van der Waals surface area contributed by atoms with Gasteiger partial charge in [0.25, 0.3) is 5.91 Å². The summed E-state index contributed by atoms with van der Waals surface area (Å²) in [6, 6.07) is 21.9. The lowest BCUT2D eigenvalue weighted by molar-refractivity contribution is 0.0999. The maximum atomic E-state index is 11.8. The van der Waals surface area contributed by atoms with Gasteiger partial charge in [-0.25, -0.2) is 0 Å². The van der Waals surface area contributed by atoms with Crippen molar-refractivity contribution in [1.29, 1.82) is 0 Å². The molecular weight excluding hydrogens is 322 g/mol. The average molecular weight is 341 g/mol. The van der Waals surface area contributed by atoms with Crippen LogP contribution in [-0.4, -0.2) is 15.9 Å². The van der Waals surface area contributed by atoms with E-state index in [9.17, 15) is 4.79 Å². The number of aromatic nitrogens is 2. The Morgan fingerprint density at radius 1 is 0.808 bits per heavy atom. The molecule has 2 N–H and O–H groups in total. The highest BCUT2D eigenvalue weighted by atomic mass is 16.1. The molecule has 1 amide bonds.